The Kier molecular flexibility index (Phi) is 3.79. The molecule has 0 aliphatic rings. The molecule has 0 saturated carbocycles. The second-order valence-electron chi connectivity index (χ2n) is 4.00. The van der Waals surface area contributed by atoms with E-state index in [0.717, 1.165) is 0 Å². The van der Waals surface area contributed by atoms with Crippen LogP contribution >= 0.6 is 0 Å². The fourth-order valence-electron chi connectivity index (χ4n) is 1.58. The van der Waals surface area contributed by atoms with Gasteiger partial charge in [0.15, 0.2) is 0 Å². The molecule has 0 radical (unpaired) electrons. The number of rotatable bonds is 3. The SMILES string of the molecule is Cc1n[nH]c(C)c1C(=O)NC(C)CC(F)(F)F. The molecule has 1 rings (SSSR count). The average Bonchev–Trinajstić information content (AvgIpc) is 2.42. The number of alkyl halides is 3. The highest BCUT2D eigenvalue weighted by Gasteiger charge is 2.31. The predicted octanol–water partition coefficient (Wildman–Crippen LogP) is 2.10. The minimum atomic E-state index is -4.28. The third-order valence-corrected chi connectivity index (χ3v) is 2.27. The molecule has 1 heterocycles. The number of aryl methyl sites for hydroxylation is 2. The van der Waals surface area contributed by atoms with Crippen molar-refractivity contribution in [2.75, 3.05) is 0 Å². The van der Waals surface area contributed by atoms with Gasteiger partial charge in [-0.05, 0) is 20.8 Å². The summed E-state index contributed by atoms with van der Waals surface area (Å²) in [6.45, 7) is 4.58. The Hall–Kier alpha value is -1.53. The summed E-state index contributed by atoms with van der Waals surface area (Å²) in [6, 6.07) is -0.962. The quantitative estimate of drug-likeness (QED) is 0.861. The molecule has 1 unspecified atom stereocenters. The highest BCUT2D eigenvalue weighted by molar-refractivity contribution is 5.96. The predicted molar refractivity (Wildman–Crippen MR) is 55.7 cm³/mol. The Morgan fingerprint density at radius 2 is 2.06 bits per heavy atom. The van der Waals surface area contributed by atoms with Crippen molar-refractivity contribution in [2.45, 2.75) is 39.4 Å². The van der Waals surface area contributed by atoms with E-state index in [1.807, 2.05) is 0 Å². The van der Waals surface area contributed by atoms with Gasteiger partial charge in [0.05, 0.1) is 17.7 Å². The van der Waals surface area contributed by atoms with Gasteiger partial charge in [0.2, 0.25) is 0 Å². The average molecular weight is 249 g/mol. The highest BCUT2D eigenvalue weighted by Crippen LogP contribution is 2.21. The lowest BCUT2D eigenvalue weighted by Gasteiger charge is -2.15. The molecule has 1 aromatic heterocycles. The molecular weight excluding hydrogens is 235 g/mol. The van der Waals surface area contributed by atoms with Crippen molar-refractivity contribution in [3.63, 3.8) is 0 Å². The summed E-state index contributed by atoms with van der Waals surface area (Å²) in [5.41, 5.74) is 1.32. The summed E-state index contributed by atoms with van der Waals surface area (Å²) in [6.07, 6.45) is -5.33. The van der Waals surface area contributed by atoms with E-state index in [-0.39, 0.29) is 0 Å². The van der Waals surface area contributed by atoms with Crippen LogP contribution in [0.25, 0.3) is 0 Å². The molecule has 96 valence electrons. The van der Waals surface area contributed by atoms with Crippen LogP contribution < -0.4 is 5.32 Å². The first kappa shape index (κ1) is 13.5. The third-order valence-electron chi connectivity index (χ3n) is 2.27. The van der Waals surface area contributed by atoms with E-state index in [1.165, 1.54) is 6.92 Å². The lowest BCUT2D eigenvalue weighted by molar-refractivity contribution is -0.138. The van der Waals surface area contributed by atoms with Crippen LogP contribution in [-0.2, 0) is 0 Å². The van der Waals surface area contributed by atoms with E-state index in [0.29, 0.717) is 17.0 Å². The van der Waals surface area contributed by atoms with E-state index in [4.69, 9.17) is 0 Å². The molecule has 0 aliphatic carbocycles. The first-order valence-corrected chi connectivity index (χ1v) is 5.10. The summed E-state index contributed by atoms with van der Waals surface area (Å²) in [5.74, 6) is -0.537. The van der Waals surface area contributed by atoms with Crippen LogP contribution in [0.3, 0.4) is 0 Å². The normalized spacial score (nSPS) is 13.5. The topological polar surface area (TPSA) is 57.8 Å². The van der Waals surface area contributed by atoms with E-state index < -0.39 is 24.5 Å². The molecule has 4 nitrogen and oxygen atoms in total. The molecule has 7 heteroatoms. The van der Waals surface area contributed by atoms with Gasteiger partial charge in [-0.15, -0.1) is 0 Å². The molecule has 0 aromatic carbocycles. The first-order chi connectivity index (χ1) is 7.70. The monoisotopic (exact) mass is 249 g/mol. The summed E-state index contributed by atoms with van der Waals surface area (Å²) in [4.78, 5) is 11.7. The fourth-order valence-corrected chi connectivity index (χ4v) is 1.58. The molecule has 2 N–H and O–H groups in total. The van der Waals surface area contributed by atoms with Crippen LogP contribution in [0.1, 0.15) is 35.1 Å². The number of aromatic nitrogens is 2. The molecule has 0 aliphatic heterocycles. The van der Waals surface area contributed by atoms with E-state index >= 15 is 0 Å². The molecular formula is C10H14F3N3O. The van der Waals surface area contributed by atoms with E-state index in [2.05, 4.69) is 15.5 Å². The van der Waals surface area contributed by atoms with Gasteiger partial charge in [-0.1, -0.05) is 0 Å². The number of nitrogens with zero attached hydrogens (tertiary/aromatic N) is 1. The molecule has 0 fully saturated rings. The van der Waals surface area contributed by atoms with Crippen LogP contribution in [0.5, 0.6) is 0 Å². The number of carbonyl (C=O) groups excluding carboxylic acids is 1. The Balaban J connectivity index is 2.67. The standard InChI is InChI=1S/C10H14F3N3O/c1-5(4-10(11,12)13)14-9(17)8-6(2)15-16-7(8)3/h5H,4H2,1-3H3,(H,14,17)(H,15,16). The number of hydrogen-bond donors (Lipinski definition) is 2. The summed E-state index contributed by atoms with van der Waals surface area (Å²) < 4.78 is 36.3. The van der Waals surface area contributed by atoms with Gasteiger partial charge in [-0.25, -0.2) is 0 Å². The number of H-pyrrole nitrogens is 1. The number of hydrogen-bond acceptors (Lipinski definition) is 2. The van der Waals surface area contributed by atoms with Crippen molar-refractivity contribution in [1.82, 2.24) is 15.5 Å². The van der Waals surface area contributed by atoms with Gasteiger partial charge in [0.1, 0.15) is 0 Å². The maximum atomic E-state index is 12.1. The van der Waals surface area contributed by atoms with Crippen molar-refractivity contribution in [3.05, 3.63) is 17.0 Å². The van der Waals surface area contributed by atoms with Crippen LogP contribution in [0.2, 0.25) is 0 Å². The van der Waals surface area contributed by atoms with E-state index in [1.54, 1.807) is 13.8 Å². The molecule has 0 spiro atoms. The summed E-state index contributed by atoms with van der Waals surface area (Å²) in [5, 5.41) is 8.72. The zero-order chi connectivity index (χ0) is 13.2. The zero-order valence-electron chi connectivity index (χ0n) is 9.77. The number of aromatic amines is 1. The van der Waals surface area contributed by atoms with Gasteiger partial charge < -0.3 is 5.32 Å². The first-order valence-electron chi connectivity index (χ1n) is 5.10. The minimum Gasteiger partial charge on any atom is -0.349 e. The van der Waals surface area contributed by atoms with Gasteiger partial charge in [-0.2, -0.15) is 18.3 Å². The van der Waals surface area contributed by atoms with Gasteiger partial charge in [0.25, 0.3) is 5.91 Å². The lowest BCUT2D eigenvalue weighted by Crippen LogP contribution is -2.36. The van der Waals surface area contributed by atoms with Crippen molar-refractivity contribution < 1.29 is 18.0 Å². The van der Waals surface area contributed by atoms with Crippen LogP contribution in [-0.4, -0.2) is 28.3 Å². The molecule has 17 heavy (non-hydrogen) atoms. The molecule has 1 aromatic rings. The molecule has 1 amide bonds. The second kappa shape index (κ2) is 4.77. The third kappa shape index (κ3) is 3.76. The largest absolute Gasteiger partial charge is 0.391 e. The number of halogens is 3. The number of nitrogens with one attached hydrogen (secondary N) is 2. The lowest BCUT2D eigenvalue weighted by atomic mass is 10.1. The molecule has 0 saturated heterocycles. The maximum Gasteiger partial charge on any atom is 0.391 e. The maximum absolute atomic E-state index is 12.1. The number of amides is 1. The van der Waals surface area contributed by atoms with Crippen LogP contribution in [0.15, 0.2) is 0 Å². The second-order valence-corrected chi connectivity index (χ2v) is 4.00. The van der Waals surface area contributed by atoms with Crippen molar-refractivity contribution in [3.8, 4) is 0 Å². The smallest absolute Gasteiger partial charge is 0.349 e. The summed E-state index contributed by atoms with van der Waals surface area (Å²) in [7, 11) is 0. The van der Waals surface area contributed by atoms with Gasteiger partial charge >= 0.3 is 6.18 Å². The zero-order valence-corrected chi connectivity index (χ0v) is 9.77. The van der Waals surface area contributed by atoms with Gasteiger partial charge in [-0.3, -0.25) is 9.89 Å². The Labute approximate surface area is 96.6 Å². The fraction of sp³-hybridized carbons (Fsp3) is 0.600. The Morgan fingerprint density at radius 3 is 2.47 bits per heavy atom. The molecule has 1 atom stereocenters. The Morgan fingerprint density at radius 1 is 1.47 bits per heavy atom. The van der Waals surface area contributed by atoms with Crippen molar-refractivity contribution >= 4 is 5.91 Å². The van der Waals surface area contributed by atoms with Crippen LogP contribution in [0, 0.1) is 13.8 Å². The molecule has 0 bridgehead atoms. The highest BCUT2D eigenvalue weighted by atomic mass is 19.4. The minimum absolute atomic E-state index is 0.305. The van der Waals surface area contributed by atoms with Crippen molar-refractivity contribution in [1.29, 1.82) is 0 Å². The van der Waals surface area contributed by atoms with E-state index in [9.17, 15) is 18.0 Å². The van der Waals surface area contributed by atoms with Gasteiger partial charge in [0, 0.05) is 11.7 Å². The van der Waals surface area contributed by atoms with Crippen molar-refractivity contribution in [2.24, 2.45) is 0 Å². The van der Waals surface area contributed by atoms with Crippen LogP contribution in [0.4, 0.5) is 13.2 Å². The summed E-state index contributed by atoms with van der Waals surface area (Å²) >= 11 is 0. The number of carbonyl (C=O) groups is 1. The Bertz CT molecular complexity index is 392.